The Bertz CT molecular complexity index is 789. The van der Waals surface area contributed by atoms with Crippen LogP contribution in [-0.2, 0) is 6.54 Å². The van der Waals surface area contributed by atoms with Gasteiger partial charge >= 0.3 is 0 Å². The molecule has 0 radical (unpaired) electrons. The molecule has 0 spiro atoms. The zero-order valence-corrected chi connectivity index (χ0v) is 14.7. The van der Waals surface area contributed by atoms with Crippen molar-refractivity contribution in [2.45, 2.75) is 13.0 Å². The highest BCUT2D eigenvalue weighted by atomic mass is 15.4. The maximum absolute atomic E-state index is 5.45. The molecular formula is C17H23N9. The summed E-state index contributed by atoms with van der Waals surface area (Å²) >= 11 is 0. The Morgan fingerprint density at radius 2 is 1.92 bits per heavy atom. The third-order valence-electron chi connectivity index (χ3n) is 3.78. The molecule has 0 saturated heterocycles. The van der Waals surface area contributed by atoms with Crippen molar-refractivity contribution >= 4 is 11.9 Å². The number of rotatable bonds is 9. The fraction of sp³-hybridized carbons (Fsp3) is 0.294. The summed E-state index contributed by atoms with van der Waals surface area (Å²) in [5, 5.41) is 3.22. The van der Waals surface area contributed by atoms with Crippen LogP contribution in [0.25, 0.3) is 5.95 Å². The Labute approximate surface area is 152 Å². The monoisotopic (exact) mass is 353 g/mol. The molecule has 2 aromatic heterocycles. The lowest BCUT2D eigenvalue weighted by Gasteiger charge is -2.16. The van der Waals surface area contributed by atoms with E-state index in [9.17, 15) is 0 Å². The molecule has 26 heavy (non-hydrogen) atoms. The van der Waals surface area contributed by atoms with Crippen LogP contribution in [0.4, 0.5) is 11.9 Å². The number of aromatic nitrogens is 5. The van der Waals surface area contributed by atoms with E-state index >= 15 is 0 Å². The third-order valence-corrected chi connectivity index (χ3v) is 3.78. The second-order valence-electron chi connectivity index (χ2n) is 5.90. The van der Waals surface area contributed by atoms with Crippen molar-refractivity contribution in [3.8, 4) is 5.95 Å². The van der Waals surface area contributed by atoms with Crippen molar-refractivity contribution in [1.82, 2.24) is 29.4 Å². The highest BCUT2D eigenvalue weighted by Gasteiger charge is 2.07. The van der Waals surface area contributed by atoms with Gasteiger partial charge in [-0.15, -0.1) is 0 Å². The van der Waals surface area contributed by atoms with Crippen LogP contribution in [-0.4, -0.2) is 49.5 Å². The predicted octanol–water partition coefficient (Wildman–Crippen LogP) is 1.28. The molecule has 0 aliphatic carbocycles. The Morgan fingerprint density at radius 1 is 1.12 bits per heavy atom. The van der Waals surface area contributed by atoms with Crippen LogP contribution in [0.5, 0.6) is 0 Å². The summed E-state index contributed by atoms with van der Waals surface area (Å²) in [6, 6.07) is 10.4. The average Bonchev–Trinajstić information content (AvgIpc) is 3.21. The van der Waals surface area contributed by atoms with Gasteiger partial charge in [0.2, 0.25) is 17.8 Å². The Balaban J connectivity index is 1.50. The van der Waals surface area contributed by atoms with E-state index in [4.69, 9.17) is 5.84 Å². The highest BCUT2D eigenvalue weighted by Crippen LogP contribution is 2.09. The molecule has 9 heteroatoms. The van der Waals surface area contributed by atoms with Crippen LogP contribution in [0, 0.1) is 0 Å². The maximum Gasteiger partial charge on any atom is 0.243 e. The number of hydrogen-bond donors (Lipinski definition) is 3. The number of nitrogen functional groups attached to an aromatic ring is 1. The largest absolute Gasteiger partial charge is 0.354 e. The number of nitrogens with one attached hydrogen (secondary N) is 2. The Morgan fingerprint density at radius 3 is 2.65 bits per heavy atom. The van der Waals surface area contributed by atoms with Crippen molar-refractivity contribution in [2.24, 2.45) is 5.84 Å². The molecule has 0 saturated carbocycles. The number of imidazole rings is 1. The SMILES string of the molecule is CN(CCCNc1nc(NN)nc(-n2ccnc2)n1)Cc1ccccc1. The van der Waals surface area contributed by atoms with E-state index in [1.807, 2.05) is 6.07 Å². The maximum atomic E-state index is 5.45. The highest BCUT2D eigenvalue weighted by molar-refractivity contribution is 5.37. The van der Waals surface area contributed by atoms with Crippen molar-refractivity contribution in [3.63, 3.8) is 0 Å². The summed E-state index contributed by atoms with van der Waals surface area (Å²) in [5.41, 5.74) is 3.77. The first-order chi connectivity index (χ1) is 12.7. The number of benzene rings is 1. The van der Waals surface area contributed by atoms with Crippen molar-refractivity contribution in [2.75, 3.05) is 30.9 Å². The van der Waals surface area contributed by atoms with Crippen molar-refractivity contribution in [3.05, 3.63) is 54.6 Å². The van der Waals surface area contributed by atoms with Gasteiger partial charge in [-0.2, -0.15) is 15.0 Å². The van der Waals surface area contributed by atoms with Crippen molar-refractivity contribution in [1.29, 1.82) is 0 Å². The molecular weight excluding hydrogens is 330 g/mol. The molecule has 136 valence electrons. The van der Waals surface area contributed by atoms with Gasteiger partial charge in [0, 0.05) is 25.5 Å². The van der Waals surface area contributed by atoms with E-state index in [-0.39, 0.29) is 0 Å². The van der Waals surface area contributed by atoms with Crippen LogP contribution in [0.1, 0.15) is 12.0 Å². The zero-order valence-electron chi connectivity index (χ0n) is 14.7. The summed E-state index contributed by atoms with van der Waals surface area (Å²) in [6.07, 6.45) is 6.01. The van der Waals surface area contributed by atoms with Crippen LogP contribution < -0.4 is 16.6 Å². The number of hydrazine groups is 1. The summed E-state index contributed by atoms with van der Waals surface area (Å²) in [5.74, 6) is 6.67. The quantitative estimate of drug-likeness (QED) is 0.300. The van der Waals surface area contributed by atoms with E-state index in [0.717, 1.165) is 26.1 Å². The van der Waals surface area contributed by atoms with Gasteiger partial charge in [-0.1, -0.05) is 30.3 Å². The van der Waals surface area contributed by atoms with Gasteiger partial charge in [-0.05, 0) is 25.6 Å². The number of hydrogen-bond acceptors (Lipinski definition) is 8. The lowest BCUT2D eigenvalue weighted by molar-refractivity contribution is 0.325. The summed E-state index contributed by atoms with van der Waals surface area (Å²) in [6.45, 7) is 2.64. The summed E-state index contributed by atoms with van der Waals surface area (Å²) in [7, 11) is 2.11. The van der Waals surface area contributed by atoms with Crippen LogP contribution in [0.15, 0.2) is 49.1 Å². The fourth-order valence-corrected chi connectivity index (χ4v) is 2.52. The van der Waals surface area contributed by atoms with Crippen LogP contribution >= 0.6 is 0 Å². The molecule has 9 nitrogen and oxygen atoms in total. The second kappa shape index (κ2) is 8.88. The molecule has 0 fully saturated rings. The number of nitrogens with two attached hydrogens (primary N) is 1. The molecule has 0 aliphatic heterocycles. The lowest BCUT2D eigenvalue weighted by atomic mass is 10.2. The van der Waals surface area contributed by atoms with Gasteiger partial charge in [-0.3, -0.25) is 9.99 Å². The van der Waals surface area contributed by atoms with Gasteiger partial charge in [0.1, 0.15) is 6.33 Å². The number of anilines is 2. The average molecular weight is 353 g/mol. The van der Waals surface area contributed by atoms with E-state index < -0.39 is 0 Å². The van der Waals surface area contributed by atoms with E-state index in [0.29, 0.717) is 17.8 Å². The predicted molar refractivity (Wildman–Crippen MR) is 101 cm³/mol. The first-order valence-electron chi connectivity index (χ1n) is 8.42. The van der Waals surface area contributed by atoms with Gasteiger partial charge in [0.05, 0.1) is 0 Å². The Kier molecular flexibility index (Phi) is 6.07. The first-order valence-corrected chi connectivity index (χ1v) is 8.42. The first kappa shape index (κ1) is 17.8. The van der Waals surface area contributed by atoms with Gasteiger partial charge in [0.15, 0.2) is 0 Å². The van der Waals surface area contributed by atoms with Gasteiger partial charge in [-0.25, -0.2) is 10.8 Å². The molecule has 3 rings (SSSR count). The van der Waals surface area contributed by atoms with Crippen LogP contribution in [0.3, 0.4) is 0 Å². The summed E-state index contributed by atoms with van der Waals surface area (Å²) < 4.78 is 1.70. The molecule has 0 atom stereocenters. The zero-order chi connectivity index (χ0) is 18.2. The smallest absolute Gasteiger partial charge is 0.243 e. The molecule has 0 bridgehead atoms. The van der Waals surface area contributed by atoms with E-state index in [1.165, 1.54) is 5.56 Å². The molecule has 3 aromatic rings. The normalized spacial score (nSPS) is 10.9. The third kappa shape index (κ3) is 4.98. The molecule has 0 aliphatic rings. The second-order valence-corrected chi connectivity index (χ2v) is 5.90. The topological polar surface area (TPSA) is 110 Å². The minimum absolute atomic E-state index is 0.299. The fourth-order valence-electron chi connectivity index (χ4n) is 2.52. The van der Waals surface area contributed by atoms with Gasteiger partial charge in [0.25, 0.3) is 0 Å². The summed E-state index contributed by atoms with van der Waals surface area (Å²) in [4.78, 5) is 19.1. The molecule has 4 N–H and O–H groups in total. The Hall–Kier alpha value is -3.04. The molecule has 2 heterocycles. The van der Waals surface area contributed by atoms with Gasteiger partial charge < -0.3 is 10.2 Å². The standard InChI is InChI=1S/C17H23N9/c1-25(12-14-6-3-2-4-7-14)10-5-8-20-15-21-16(24-18)23-17(22-15)26-11-9-19-13-26/h2-4,6-7,9,11,13H,5,8,10,12,18H2,1H3,(H2,20,21,22,23,24). The van der Waals surface area contributed by atoms with Crippen molar-refractivity contribution < 1.29 is 0 Å². The van der Waals surface area contributed by atoms with Crippen LogP contribution in [0.2, 0.25) is 0 Å². The number of nitrogens with zero attached hydrogens (tertiary/aromatic N) is 6. The minimum atomic E-state index is 0.299. The lowest BCUT2D eigenvalue weighted by Crippen LogP contribution is -2.22. The molecule has 0 amide bonds. The molecule has 0 unspecified atom stereocenters. The minimum Gasteiger partial charge on any atom is -0.354 e. The van der Waals surface area contributed by atoms with E-state index in [1.54, 1.807) is 23.3 Å². The van der Waals surface area contributed by atoms with E-state index in [2.05, 4.69) is 66.9 Å². The molecule has 1 aromatic carbocycles.